The fourth-order valence-electron chi connectivity index (χ4n) is 2.37. The summed E-state index contributed by atoms with van der Waals surface area (Å²) in [5.41, 5.74) is 3.04. The molecule has 5 heteroatoms. The lowest BCUT2D eigenvalue weighted by molar-refractivity contribution is 0.00280. The van der Waals surface area contributed by atoms with Gasteiger partial charge in [-0.1, -0.05) is 24.3 Å². The largest absolute Gasteiger partial charge is 0.387 e. The molecule has 94 valence electrons. The number of aromatic amines is 1. The summed E-state index contributed by atoms with van der Waals surface area (Å²) >= 11 is 0. The zero-order valence-corrected chi connectivity index (χ0v) is 9.91. The van der Waals surface area contributed by atoms with Crippen LogP contribution in [-0.4, -0.2) is 27.1 Å². The van der Waals surface area contributed by atoms with Gasteiger partial charge in [0.25, 0.3) is 0 Å². The number of rotatable bonds is 3. The van der Waals surface area contributed by atoms with Crippen molar-refractivity contribution in [3.8, 4) is 0 Å². The Hall–Kier alpha value is -1.72. The van der Waals surface area contributed by atoms with Crippen LogP contribution >= 0.6 is 0 Å². The third-order valence-electron chi connectivity index (χ3n) is 3.30. The Labute approximate surface area is 105 Å². The van der Waals surface area contributed by atoms with Gasteiger partial charge in [-0.15, -0.1) is 0 Å². The van der Waals surface area contributed by atoms with Gasteiger partial charge >= 0.3 is 0 Å². The molecule has 0 saturated heterocycles. The van der Waals surface area contributed by atoms with Gasteiger partial charge in [0.05, 0.1) is 18.9 Å². The molecule has 0 bridgehead atoms. The molecule has 0 saturated carbocycles. The van der Waals surface area contributed by atoms with E-state index >= 15 is 0 Å². The first kappa shape index (κ1) is 11.4. The number of aromatic nitrogens is 3. The van der Waals surface area contributed by atoms with E-state index in [1.807, 2.05) is 12.1 Å². The van der Waals surface area contributed by atoms with E-state index in [0.29, 0.717) is 18.7 Å². The molecule has 2 N–H and O–H groups in total. The molecule has 18 heavy (non-hydrogen) atoms. The quantitative estimate of drug-likeness (QED) is 0.860. The van der Waals surface area contributed by atoms with Gasteiger partial charge in [-0.05, 0) is 17.5 Å². The van der Waals surface area contributed by atoms with E-state index in [9.17, 15) is 5.11 Å². The minimum Gasteiger partial charge on any atom is -0.387 e. The Balaban J connectivity index is 1.78. The Morgan fingerprint density at radius 2 is 2.33 bits per heavy atom. The van der Waals surface area contributed by atoms with Crippen LogP contribution in [0.3, 0.4) is 0 Å². The van der Waals surface area contributed by atoms with Crippen molar-refractivity contribution < 1.29 is 9.84 Å². The van der Waals surface area contributed by atoms with E-state index in [2.05, 4.69) is 27.5 Å². The molecule has 1 aromatic carbocycles. The van der Waals surface area contributed by atoms with Crippen LogP contribution in [0.15, 0.2) is 30.5 Å². The molecule has 0 aliphatic carbocycles. The van der Waals surface area contributed by atoms with Crippen LogP contribution in [0.25, 0.3) is 0 Å². The van der Waals surface area contributed by atoms with E-state index < -0.39 is 6.10 Å². The second-order valence-corrected chi connectivity index (χ2v) is 4.45. The predicted molar refractivity (Wildman–Crippen MR) is 64.8 cm³/mol. The maximum Gasteiger partial charge on any atom is 0.111 e. The van der Waals surface area contributed by atoms with E-state index in [1.165, 1.54) is 11.1 Å². The highest BCUT2D eigenvalue weighted by Gasteiger charge is 2.24. The number of aliphatic hydroxyl groups excluding tert-OH is 1. The summed E-state index contributed by atoms with van der Waals surface area (Å²) in [6.07, 6.45) is 2.26. The Morgan fingerprint density at radius 1 is 1.44 bits per heavy atom. The molecular formula is C13H15N3O2. The molecular weight excluding hydrogens is 230 g/mol. The van der Waals surface area contributed by atoms with Crippen molar-refractivity contribution in [3.63, 3.8) is 0 Å². The number of hydrogen-bond donors (Lipinski definition) is 2. The number of benzene rings is 1. The first-order chi connectivity index (χ1) is 8.84. The third-order valence-corrected chi connectivity index (χ3v) is 3.30. The Kier molecular flexibility index (Phi) is 3.08. The molecule has 0 spiro atoms. The number of nitrogens with zero attached hydrogens (tertiary/aromatic N) is 2. The van der Waals surface area contributed by atoms with Crippen LogP contribution in [0.2, 0.25) is 0 Å². The zero-order chi connectivity index (χ0) is 12.4. The molecule has 0 radical (unpaired) electrons. The predicted octanol–water partition coefficient (Wildman–Crippen LogP) is 1.54. The number of nitrogens with one attached hydrogen (secondary N) is 1. The van der Waals surface area contributed by atoms with Gasteiger partial charge in [-0.3, -0.25) is 0 Å². The third kappa shape index (κ3) is 2.14. The molecule has 2 unspecified atom stereocenters. The van der Waals surface area contributed by atoms with Gasteiger partial charge in [-0.2, -0.15) is 15.4 Å². The number of hydrogen-bond acceptors (Lipinski definition) is 4. The van der Waals surface area contributed by atoms with Crippen molar-refractivity contribution >= 4 is 0 Å². The van der Waals surface area contributed by atoms with Gasteiger partial charge in [0.1, 0.15) is 11.8 Å². The van der Waals surface area contributed by atoms with Crippen molar-refractivity contribution in [1.82, 2.24) is 15.4 Å². The lowest BCUT2D eigenvalue weighted by atomic mass is 9.94. The first-order valence-corrected chi connectivity index (χ1v) is 6.08. The highest BCUT2D eigenvalue weighted by molar-refractivity contribution is 5.31. The minimum absolute atomic E-state index is 0.0679. The molecule has 1 aliphatic heterocycles. The topological polar surface area (TPSA) is 71.0 Å². The van der Waals surface area contributed by atoms with E-state index in [1.54, 1.807) is 6.20 Å². The van der Waals surface area contributed by atoms with Crippen molar-refractivity contribution in [3.05, 3.63) is 47.3 Å². The molecule has 3 rings (SSSR count). The maximum absolute atomic E-state index is 10.1. The number of ether oxygens (including phenoxy) is 1. The summed E-state index contributed by atoms with van der Waals surface area (Å²) < 4.78 is 5.75. The second-order valence-electron chi connectivity index (χ2n) is 4.45. The van der Waals surface area contributed by atoms with Crippen molar-refractivity contribution in [1.29, 1.82) is 0 Å². The van der Waals surface area contributed by atoms with Gasteiger partial charge in [0.2, 0.25) is 0 Å². The lowest BCUT2D eigenvalue weighted by Gasteiger charge is -2.27. The van der Waals surface area contributed by atoms with Crippen LogP contribution in [-0.2, 0) is 11.2 Å². The fourth-order valence-corrected chi connectivity index (χ4v) is 2.37. The smallest absolute Gasteiger partial charge is 0.111 e. The van der Waals surface area contributed by atoms with Crippen molar-refractivity contribution in [2.45, 2.75) is 25.0 Å². The SMILES string of the molecule is OC(CC1OCCc2ccccc21)c1cn[nH]n1. The fraction of sp³-hybridized carbons (Fsp3) is 0.385. The molecule has 1 aromatic heterocycles. The summed E-state index contributed by atoms with van der Waals surface area (Å²) in [5, 5.41) is 20.2. The standard InChI is InChI=1S/C13H15N3O2/c17-12(11-8-14-16-15-11)7-13-10-4-2-1-3-9(10)5-6-18-13/h1-4,8,12-13,17H,5-7H2,(H,14,15,16). The van der Waals surface area contributed by atoms with Crippen LogP contribution in [0.1, 0.15) is 35.4 Å². The maximum atomic E-state index is 10.1. The monoisotopic (exact) mass is 245 g/mol. The first-order valence-electron chi connectivity index (χ1n) is 6.08. The second kappa shape index (κ2) is 4.88. The zero-order valence-electron chi connectivity index (χ0n) is 9.91. The van der Waals surface area contributed by atoms with Crippen LogP contribution in [0, 0.1) is 0 Å². The molecule has 2 atom stereocenters. The van der Waals surface area contributed by atoms with Gasteiger partial charge in [0, 0.05) is 6.42 Å². The van der Waals surface area contributed by atoms with Gasteiger partial charge in [0.15, 0.2) is 0 Å². The van der Waals surface area contributed by atoms with E-state index in [4.69, 9.17) is 4.74 Å². The Bertz CT molecular complexity index is 513. The molecule has 2 aromatic rings. The normalized spacial score (nSPS) is 20.4. The molecule has 0 fully saturated rings. The lowest BCUT2D eigenvalue weighted by Crippen LogP contribution is -2.18. The summed E-state index contributed by atoms with van der Waals surface area (Å²) in [7, 11) is 0. The van der Waals surface area contributed by atoms with Gasteiger partial charge in [-0.25, -0.2) is 0 Å². The van der Waals surface area contributed by atoms with Crippen LogP contribution in [0.4, 0.5) is 0 Å². The number of fused-ring (bicyclic) bond motifs is 1. The van der Waals surface area contributed by atoms with Crippen LogP contribution < -0.4 is 0 Å². The number of H-pyrrole nitrogens is 1. The summed E-state index contributed by atoms with van der Waals surface area (Å²) in [4.78, 5) is 0. The highest BCUT2D eigenvalue weighted by Crippen LogP contribution is 2.33. The molecule has 5 nitrogen and oxygen atoms in total. The molecule has 1 aliphatic rings. The molecule has 2 heterocycles. The number of aliphatic hydroxyl groups is 1. The Morgan fingerprint density at radius 3 is 3.17 bits per heavy atom. The minimum atomic E-state index is -0.653. The summed E-state index contributed by atoms with van der Waals surface area (Å²) in [5.74, 6) is 0. The average Bonchev–Trinajstić information content (AvgIpc) is 2.93. The summed E-state index contributed by atoms with van der Waals surface area (Å²) in [6.45, 7) is 0.702. The molecule has 0 amide bonds. The average molecular weight is 245 g/mol. The highest BCUT2D eigenvalue weighted by atomic mass is 16.5. The van der Waals surface area contributed by atoms with E-state index in [0.717, 1.165) is 6.42 Å². The van der Waals surface area contributed by atoms with Crippen molar-refractivity contribution in [2.24, 2.45) is 0 Å². The van der Waals surface area contributed by atoms with Crippen LogP contribution in [0.5, 0.6) is 0 Å². The van der Waals surface area contributed by atoms with Crippen molar-refractivity contribution in [2.75, 3.05) is 6.61 Å². The summed E-state index contributed by atoms with van der Waals surface area (Å²) in [6, 6.07) is 8.22. The van der Waals surface area contributed by atoms with Gasteiger partial charge < -0.3 is 9.84 Å². The van der Waals surface area contributed by atoms with E-state index in [-0.39, 0.29) is 6.10 Å².